The minimum atomic E-state index is 1.05. The van der Waals surface area contributed by atoms with Gasteiger partial charge < -0.3 is 4.98 Å². The van der Waals surface area contributed by atoms with Crippen LogP contribution in [0.3, 0.4) is 0 Å². The van der Waals surface area contributed by atoms with Gasteiger partial charge in [0.15, 0.2) is 0 Å². The van der Waals surface area contributed by atoms with Gasteiger partial charge in [0.2, 0.25) is 0 Å². The molecule has 1 nitrogen and oxygen atoms in total. The average Bonchev–Trinajstić information content (AvgIpc) is 2.57. The van der Waals surface area contributed by atoms with E-state index in [4.69, 9.17) is 0 Å². The molecule has 0 aliphatic rings. The van der Waals surface area contributed by atoms with Crippen LogP contribution < -0.4 is 0 Å². The van der Waals surface area contributed by atoms with E-state index in [0.29, 0.717) is 0 Å². The maximum atomic E-state index is 3.59. The SMILES string of the molecule is CSc1c[nH]c2cc(Br)c(Br)c(Br)c12. The van der Waals surface area contributed by atoms with E-state index in [1.54, 1.807) is 11.8 Å². The van der Waals surface area contributed by atoms with Gasteiger partial charge in [0, 0.05) is 35.4 Å². The second-order valence-corrected chi connectivity index (χ2v) is 6.05. The van der Waals surface area contributed by atoms with Crippen molar-refractivity contribution in [1.82, 2.24) is 4.98 Å². The van der Waals surface area contributed by atoms with Gasteiger partial charge in [-0.3, -0.25) is 0 Å². The molecule has 1 aromatic carbocycles. The molecule has 0 spiro atoms. The Morgan fingerprint density at radius 1 is 1.21 bits per heavy atom. The Labute approximate surface area is 111 Å². The summed E-state index contributed by atoms with van der Waals surface area (Å²) in [7, 11) is 0. The molecule has 1 heterocycles. The number of benzene rings is 1. The van der Waals surface area contributed by atoms with Crippen LogP contribution in [0.25, 0.3) is 10.9 Å². The van der Waals surface area contributed by atoms with Crippen molar-refractivity contribution in [3.63, 3.8) is 0 Å². The molecule has 0 saturated heterocycles. The van der Waals surface area contributed by atoms with Crippen LogP contribution in [0, 0.1) is 0 Å². The molecule has 5 heteroatoms. The molecule has 0 aliphatic heterocycles. The highest BCUT2D eigenvalue weighted by Crippen LogP contribution is 2.40. The normalized spacial score (nSPS) is 11.1. The fraction of sp³-hybridized carbons (Fsp3) is 0.111. The van der Waals surface area contributed by atoms with Gasteiger partial charge in [-0.2, -0.15) is 0 Å². The molecule has 0 radical (unpaired) electrons. The highest BCUT2D eigenvalue weighted by Gasteiger charge is 2.12. The average molecular weight is 400 g/mol. The number of hydrogen-bond acceptors (Lipinski definition) is 1. The van der Waals surface area contributed by atoms with Crippen molar-refractivity contribution < 1.29 is 0 Å². The first-order chi connectivity index (χ1) is 6.65. The van der Waals surface area contributed by atoms with Crippen LogP contribution in [-0.2, 0) is 0 Å². The van der Waals surface area contributed by atoms with Gasteiger partial charge in [-0.1, -0.05) is 0 Å². The Bertz CT molecular complexity index is 492. The lowest BCUT2D eigenvalue weighted by atomic mass is 10.2. The molecule has 0 fully saturated rings. The quantitative estimate of drug-likeness (QED) is 0.516. The van der Waals surface area contributed by atoms with E-state index < -0.39 is 0 Å². The Hall–Kier alpha value is 0.550. The fourth-order valence-corrected chi connectivity index (χ4v) is 3.70. The predicted octanol–water partition coefficient (Wildman–Crippen LogP) is 5.18. The van der Waals surface area contributed by atoms with E-state index in [1.165, 1.54) is 10.3 Å². The lowest BCUT2D eigenvalue weighted by Gasteiger charge is -2.03. The fourth-order valence-electron chi connectivity index (χ4n) is 1.33. The lowest BCUT2D eigenvalue weighted by Crippen LogP contribution is -1.77. The minimum absolute atomic E-state index is 1.05. The van der Waals surface area contributed by atoms with E-state index in [2.05, 4.69) is 65.1 Å². The second kappa shape index (κ2) is 4.20. The van der Waals surface area contributed by atoms with E-state index in [1.807, 2.05) is 6.20 Å². The number of thioether (sulfide) groups is 1. The zero-order chi connectivity index (χ0) is 10.3. The summed E-state index contributed by atoms with van der Waals surface area (Å²) < 4.78 is 3.19. The highest BCUT2D eigenvalue weighted by molar-refractivity contribution is 9.14. The van der Waals surface area contributed by atoms with Crippen molar-refractivity contribution in [3.8, 4) is 0 Å². The molecule has 74 valence electrons. The molecule has 1 aromatic heterocycles. The summed E-state index contributed by atoms with van der Waals surface area (Å²) in [5.74, 6) is 0. The van der Waals surface area contributed by atoms with Crippen molar-refractivity contribution in [2.24, 2.45) is 0 Å². The van der Waals surface area contributed by atoms with Gasteiger partial charge >= 0.3 is 0 Å². The number of H-pyrrole nitrogens is 1. The Balaban J connectivity index is 2.88. The standard InChI is InChI=1S/C9H6Br3NS/c1-14-6-3-13-5-2-4(10)8(11)9(12)7(5)6/h2-3,13H,1H3. The summed E-state index contributed by atoms with van der Waals surface area (Å²) in [5, 5.41) is 1.23. The summed E-state index contributed by atoms with van der Waals surface area (Å²) >= 11 is 12.4. The molecule has 0 atom stereocenters. The monoisotopic (exact) mass is 397 g/mol. The number of halogens is 3. The van der Waals surface area contributed by atoms with Gasteiger partial charge in [0.25, 0.3) is 0 Å². The van der Waals surface area contributed by atoms with Crippen LogP contribution in [0.4, 0.5) is 0 Å². The molecular formula is C9H6Br3NS. The van der Waals surface area contributed by atoms with Crippen molar-refractivity contribution >= 4 is 70.5 Å². The van der Waals surface area contributed by atoms with Crippen LogP contribution in [0.15, 0.2) is 30.6 Å². The smallest absolute Gasteiger partial charge is 0.0489 e. The lowest BCUT2D eigenvalue weighted by molar-refractivity contribution is 1.42. The third-order valence-electron chi connectivity index (χ3n) is 1.99. The Morgan fingerprint density at radius 3 is 2.57 bits per heavy atom. The maximum absolute atomic E-state index is 3.59. The van der Waals surface area contributed by atoms with Crippen LogP contribution in [0.2, 0.25) is 0 Å². The summed E-state index contributed by atoms with van der Waals surface area (Å²) in [4.78, 5) is 4.50. The predicted molar refractivity (Wildman–Crippen MR) is 73.2 cm³/mol. The minimum Gasteiger partial charge on any atom is -0.360 e. The Kier molecular flexibility index (Phi) is 3.31. The number of aromatic amines is 1. The number of aromatic nitrogens is 1. The molecule has 2 aromatic rings. The first kappa shape index (κ1) is 11.0. The van der Waals surface area contributed by atoms with Gasteiger partial charge in [0.05, 0.1) is 0 Å². The van der Waals surface area contributed by atoms with E-state index in [0.717, 1.165) is 18.9 Å². The van der Waals surface area contributed by atoms with Crippen LogP contribution in [0.5, 0.6) is 0 Å². The van der Waals surface area contributed by atoms with Crippen LogP contribution in [-0.4, -0.2) is 11.2 Å². The number of fused-ring (bicyclic) bond motifs is 1. The summed E-state index contributed by atoms with van der Waals surface area (Å²) in [6.45, 7) is 0. The first-order valence-electron chi connectivity index (χ1n) is 3.83. The molecule has 0 aliphatic carbocycles. The van der Waals surface area contributed by atoms with Crippen LogP contribution >= 0.6 is 59.6 Å². The van der Waals surface area contributed by atoms with Crippen LogP contribution in [0.1, 0.15) is 0 Å². The molecular weight excluding hydrogens is 394 g/mol. The summed E-state index contributed by atoms with van der Waals surface area (Å²) in [6, 6.07) is 2.07. The zero-order valence-corrected chi connectivity index (χ0v) is 12.8. The van der Waals surface area contributed by atoms with E-state index in [9.17, 15) is 0 Å². The number of hydrogen-bond donors (Lipinski definition) is 1. The summed E-state index contributed by atoms with van der Waals surface area (Å²) in [5.41, 5.74) is 1.14. The molecule has 0 amide bonds. The largest absolute Gasteiger partial charge is 0.360 e. The van der Waals surface area contributed by atoms with Gasteiger partial charge in [-0.15, -0.1) is 11.8 Å². The third-order valence-corrected chi connectivity index (χ3v) is 6.06. The van der Waals surface area contributed by atoms with Crippen molar-refractivity contribution in [2.45, 2.75) is 4.90 Å². The van der Waals surface area contributed by atoms with Gasteiger partial charge in [-0.25, -0.2) is 0 Å². The highest BCUT2D eigenvalue weighted by atomic mass is 79.9. The van der Waals surface area contributed by atoms with Crippen molar-refractivity contribution in [1.29, 1.82) is 0 Å². The van der Waals surface area contributed by atoms with Gasteiger partial charge in [0.1, 0.15) is 0 Å². The van der Waals surface area contributed by atoms with Crippen molar-refractivity contribution in [3.05, 3.63) is 25.7 Å². The zero-order valence-electron chi connectivity index (χ0n) is 7.20. The number of rotatable bonds is 1. The van der Waals surface area contributed by atoms with E-state index in [-0.39, 0.29) is 0 Å². The molecule has 1 N–H and O–H groups in total. The molecule has 0 saturated carbocycles. The molecule has 0 unspecified atom stereocenters. The van der Waals surface area contributed by atoms with E-state index >= 15 is 0 Å². The molecule has 0 bridgehead atoms. The first-order valence-corrected chi connectivity index (χ1v) is 7.44. The van der Waals surface area contributed by atoms with Gasteiger partial charge in [-0.05, 0) is 60.1 Å². The summed E-state index contributed by atoms with van der Waals surface area (Å²) in [6.07, 6.45) is 4.10. The Morgan fingerprint density at radius 2 is 1.93 bits per heavy atom. The molecule has 14 heavy (non-hydrogen) atoms. The van der Waals surface area contributed by atoms with Crippen molar-refractivity contribution in [2.75, 3.05) is 6.26 Å². The second-order valence-electron chi connectivity index (χ2n) is 2.77. The molecule has 2 rings (SSSR count). The third kappa shape index (κ3) is 1.68. The number of nitrogens with one attached hydrogen (secondary N) is 1. The maximum Gasteiger partial charge on any atom is 0.0489 e. The topological polar surface area (TPSA) is 15.8 Å².